The van der Waals surface area contributed by atoms with E-state index in [1.165, 1.54) is 0 Å². The molecule has 0 bridgehead atoms. The quantitative estimate of drug-likeness (QED) is 0.441. The molecule has 0 saturated carbocycles. The fraction of sp³-hybridized carbons (Fsp3) is 0.158. The van der Waals surface area contributed by atoms with Crippen molar-refractivity contribution in [2.24, 2.45) is 5.16 Å². The molecule has 0 unspecified atom stereocenters. The Balaban J connectivity index is 2.16. The maximum absolute atomic E-state index is 6.38. The van der Waals surface area contributed by atoms with Gasteiger partial charge >= 0.3 is 0 Å². The number of aromatic nitrogens is 1. The molecule has 1 aromatic heterocycles. The number of halogens is 2. The summed E-state index contributed by atoms with van der Waals surface area (Å²) >= 11 is 12.5. The first-order valence-electron chi connectivity index (χ1n) is 7.59. The highest BCUT2D eigenvalue weighted by atomic mass is 35.5. The first-order chi connectivity index (χ1) is 11.6. The molecule has 0 saturated heterocycles. The van der Waals surface area contributed by atoms with Crippen molar-refractivity contribution in [2.45, 2.75) is 20.0 Å². The van der Waals surface area contributed by atoms with Gasteiger partial charge in [0.1, 0.15) is 11.8 Å². The van der Waals surface area contributed by atoms with Crippen molar-refractivity contribution in [1.29, 1.82) is 0 Å². The Labute approximate surface area is 150 Å². The predicted molar refractivity (Wildman–Crippen MR) is 100 cm³/mol. The lowest BCUT2D eigenvalue weighted by Gasteiger charge is -2.12. The first kappa shape index (κ1) is 16.7. The molecular weight excluding hydrogens is 343 g/mol. The van der Waals surface area contributed by atoms with E-state index in [1.807, 2.05) is 56.3 Å². The lowest BCUT2D eigenvalue weighted by molar-refractivity contribution is 0.0863. The highest BCUT2D eigenvalue weighted by molar-refractivity contribution is 6.44. The summed E-state index contributed by atoms with van der Waals surface area (Å²) in [5, 5.41) is 6.24. The van der Waals surface area contributed by atoms with Crippen molar-refractivity contribution < 1.29 is 4.84 Å². The summed E-state index contributed by atoms with van der Waals surface area (Å²) in [6, 6.07) is 15.4. The van der Waals surface area contributed by atoms with Gasteiger partial charge in [0.15, 0.2) is 0 Å². The molecule has 0 aliphatic rings. The van der Waals surface area contributed by atoms with Crippen LogP contribution >= 0.6 is 23.2 Å². The molecule has 0 fully saturated rings. The molecule has 3 rings (SSSR count). The smallest absolute Gasteiger partial charge is 0.122 e. The zero-order valence-electron chi connectivity index (χ0n) is 13.3. The van der Waals surface area contributed by atoms with E-state index in [0.29, 0.717) is 21.3 Å². The molecule has 0 N–H and O–H groups in total. The minimum absolute atomic E-state index is 0.0497. The van der Waals surface area contributed by atoms with Gasteiger partial charge in [0.05, 0.1) is 15.6 Å². The number of nitrogens with zero attached hydrogens (tertiary/aromatic N) is 2. The molecule has 122 valence electrons. The van der Waals surface area contributed by atoms with Crippen molar-refractivity contribution in [3.05, 3.63) is 75.9 Å². The minimum Gasteiger partial charge on any atom is -0.393 e. The van der Waals surface area contributed by atoms with E-state index < -0.39 is 0 Å². The van der Waals surface area contributed by atoms with Crippen LogP contribution in [0.1, 0.15) is 25.0 Å². The van der Waals surface area contributed by atoms with Gasteiger partial charge in [-0.1, -0.05) is 58.7 Å². The van der Waals surface area contributed by atoms with Crippen LogP contribution in [0.15, 0.2) is 59.9 Å². The predicted octanol–water partition coefficient (Wildman–Crippen LogP) is 5.72. The Morgan fingerprint density at radius 1 is 1.08 bits per heavy atom. The van der Waals surface area contributed by atoms with Crippen molar-refractivity contribution in [1.82, 2.24) is 4.98 Å². The van der Waals surface area contributed by atoms with Crippen LogP contribution in [0.2, 0.25) is 10.0 Å². The molecule has 0 aliphatic heterocycles. The fourth-order valence-electron chi connectivity index (χ4n) is 2.30. The summed E-state index contributed by atoms with van der Waals surface area (Å²) in [7, 11) is 0. The summed E-state index contributed by atoms with van der Waals surface area (Å²) < 4.78 is 0. The van der Waals surface area contributed by atoms with Crippen LogP contribution in [0, 0.1) is 0 Å². The van der Waals surface area contributed by atoms with Crippen LogP contribution in [-0.2, 0) is 4.84 Å². The minimum atomic E-state index is -0.0497. The number of oxime groups is 1. The molecule has 5 heteroatoms. The van der Waals surface area contributed by atoms with Gasteiger partial charge in [-0.3, -0.25) is 4.98 Å². The van der Waals surface area contributed by atoms with E-state index in [1.54, 1.807) is 12.3 Å². The number of pyridine rings is 1. The van der Waals surface area contributed by atoms with Crippen molar-refractivity contribution in [3.63, 3.8) is 0 Å². The molecule has 0 radical (unpaired) electrons. The number of benzene rings is 2. The van der Waals surface area contributed by atoms with Gasteiger partial charge in [0, 0.05) is 22.7 Å². The van der Waals surface area contributed by atoms with Crippen molar-refractivity contribution in [2.75, 3.05) is 0 Å². The van der Waals surface area contributed by atoms with E-state index in [-0.39, 0.29) is 6.10 Å². The molecule has 2 aromatic carbocycles. The number of fused-ring (bicyclic) bond motifs is 1. The van der Waals surface area contributed by atoms with Crippen molar-refractivity contribution in [3.8, 4) is 0 Å². The monoisotopic (exact) mass is 358 g/mol. The first-order valence-corrected chi connectivity index (χ1v) is 8.35. The normalized spacial score (nSPS) is 12.0. The number of hydrogen-bond donors (Lipinski definition) is 0. The van der Waals surface area contributed by atoms with E-state index in [2.05, 4.69) is 10.1 Å². The summed E-state index contributed by atoms with van der Waals surface area (Å²) in [5.74, 6) is 0. The molecule has 0 atom stereocenters. The van der Waals surface area contributed by atoms with Gasteiger partial charge in [0.2, 0.25) is 0 Å². The molecule has 3 aromatic rings. The van der Waals surface area contributed by atoms with Gasteiger partial charge < -0.3 is 4.84 Å². The van der Waals surface area contributed by atoms with Crippen LogP contribution < -0.4 is 0 Å². The third kappa shape index (κ3) is 3.53. The second-order valence-corrected chi connectivity index (χ2v) is 6.40. The zero-order valence-corrected chi connectivity index (χ0v) is 14.8. The Morgan fingerprint density at radius 2 is 1.88 bits per heavy atom. The molecule has 0 amide bonds. The number of para-hydroxylation sites is 1. The number of hydrogen-bond acceptors (Lipinski definition) is 3. The van der Waals surface area contributed by atoms with Crippen LogP contribution in [-0.4, -0.2) is 16.8 Å². The van der Waals surface area contributed by atoms with Crippen molar-refractivity contribution >= 4 is 39.8 Å². The molecule has 3 nitrogen and oxygen atoms in total. The average Bonchev–Trinajstić information content (AvgIpc) is 2.58. The van der Waals surface area contributed by atoms with Gasteiger partial charge in [-0.25, -0.2) is 0 Å². The fourth-order valence-corrected chi connectivity index (χ4v) is 2.69. The second kappa shape index (κ2) is 7.20. The third-order valence-corrected chi connectivity index (χ3v) is 4.24. The maximum atomic E-state index is 6.38. The van der Waals surface area contributed by atoms with Crippen LogP contribution in [0.25, 0.3) is 10.9 Å². The number of rotatable bonds is 4. The van der Waals surface area contributed by atoms with Crippen LogP contribution in [0.5, 0.6) is 0 Å². The molecule has 1 heterocycles. The standard InChI is InChI=1S/C19H16Cl2N2O/c1-12(2)24-23-19(15-7-5-8-16(20)18(15)21)14-10-13-6-3-4-9-17(13)22-11-14/h3-12H,1-2H3. The molecule has 0 aliphatic carbocycles. The molecule has 0 spiro atoms. The topological polar surface area (TPSA) is 34.5 Å². The summed E-state index contributed by atoms with van der Waals surface area (Å²) in [4.78, 5) is 9.97. The zero-order chi connectivity index (χ0) is 17.1. The summed E-state index contributed by atoms with van der Waals surface area (Å²) in [6.45, 7) is 3.83. The highest BCUT2D eigenvalue weighted by Gasteiger charge is 2.15. The second-order valence-electron chi connectivity index (χ2n) is 5.61. The largest absolute Gasteiger partial charge is 0.393 e. The Kier molecular flexibility index (Phi) is 5.03. The molecular formula is C19H16Cl2N2O. The Bertz CT molecular complexity index is 907. The third-order valence-electron chi connectivity index (χ3n) is 3.43. The van der Waals surface area contributed by atoms with E-state index >= 15 is 0 Å². The van der Waals surface area contributed by atoms with E-state index in [4.69, 9.17) is 28.0 Å². The van der Waals surface area contributed by atoms with Gasteiger partial charge in [-0.05, 0) is 32.0 Å². The Hall–Kier alpha value is -2.10. The molecule has 24 heavy (non-hydrogen) atoms. The van der Waals surface area contributed by atoms with E-state index in [9.17, 15) is 0 Å². The lowest BCUT2D eigenvalue weighted by Crippen LogP contribution is -2.08. The summed E-state index contributed by atoms with van der Waals surface area (Å²) in [5.41, 5.74) is 3.05. The summed E-state index contributed by atoms with van der Waals surface area (Å²) in [6.07, 6.45) is 1.72. The Morgan fingerprint density at radius 3 is 2.67 bits per heavy atom. The highest BCUT2D eigenvalue weighted by Crippen LogP contribution is 2.28. The van der Waals surface area contributed by atoms with Crippen LogP contribution in [0.4, 0.5) is 0 Å². The lowest BCUT2D eigenvalue weighted by atomic mass is 10.0. The SMILES string of the molecule is CC(C)ON=C(c1cnc2ccccc2c1)c1cccc(Cl)c1Cl. The van der Waals surface area contributed by atoms with Gasteiger partial charge in [-0.2, -0.15) is 0 Å². The maximum Gasteiger partial charge on any atom is 0.122 e. The van der Waals surface area contributed by atoms with Gasteiger partial charge in [0.25, 0.3) is 0 Å². The van der Waals surface area contributed by atoms with Crippen LogP contribution in [0.3, 0.4) is 0 Å². The van der Waals surface area contributed by atoms with Gasteiger partial charge in [-0.15, -0.1) is 0 Å². The van der Waals surface area contributed by atoms with E-state index in [0.717, 1.165) is 16.5 Å². The average molecular weight is 359 g/mol.